The van der Waals surface area contributed by atoms with Gasteiger partial charge in [0, 0.05) is 25.7 Å². The molecule has 0 unspecified atom stereocenters. The molecule has 1 atom stereocenters. The molecule has 1 N–H and O–H groups in total. The summed E-state index contributed by atoms with van der Waals surface area (Å²) in [6.45, 7) is 3.93. The number of hydrogen-bond acceptors (Lipinski definition) is 3. The van der Waals surface area contributed by atoms with Crippen LogP contribution in [0.25, 0.3) is 6.08 Å². The summed E-state index contributed by atoms with van der Waals surface area (Å²) in [6, 6.07) is 15.2. The molecule has 0 aromatic heterocycles. The van der Waals surface area contributed by atoms with E-state index in [-0.39, 0.29) is 11.9 Å². The number of amides is 1. The van der Waals surface area contributed by atoms with E-state index >= 15 is 0 Å². The number of nitrogens with one attached hydrogen (secondary N) is 1. The Hall–Kier alpha value is -1.85. The minimum atomic E-state index is -0.173. The van der Waals surface area contributed by atoms with E-state index in [9.17, 15) is 4.79 Å². The van der Waals surface area contributed by atoms with Crippen molar-refractivity contribution in [3.05, 3.63) is 75.8 Å². The molecule has 4 nitrogen and oxygen atoms in total. The third-order valence-electron chi connectivity index (χ3n) is 4.46. The first-order valence-electron chi connectivity index (χ1n) is 8.91. The first-order chi connectivity index (χ1) is 13.1. The van der Waals surface area contributed by atoms with E-state index < -0.39 is 0 Å². The maximum absolute atomic E-state index is 12.5. The normalized spacial score (nSPS) is 16.4. The summed E-state index contributed by atoms with van der Waals surface area (Å²) >= 11 is 12.2. The van der Waals surface area contributed by atoms with Gasteiger partial charge >= 0.3 is 0 Å². The molecule has 2 aromatic carbocycles. The average molecular weight is 405 g/mol. The van der Waals surface area contributed by atoms with Gasteiger partial charge in [-0.05, 0) is 23.3 Å². The lowest BCUT2D eigenvalue weighted by atomic mass is 10.1. The van der Waals surface area contributed by atoms with E-state index in [2.05, 4.69) is 10.2 Å². The number of morpholine rings is 1. The zero-order valence-corrected chi connectivity index (χ0v) is 16.4. The number of benzene rings is 2. The van der Waals surface area contributed by atoms with Crippen LogP contribution in [0, 0.1) is 0 Å². The van der Waals surface area contributed by atoms with Crippen LogP contribution >= 0.6 is 23.2 Å². The van der Waals surface area contributed by atoms with E-state index in [4.69, 9.17) is 27.9 Å². The molecule has 0 spiro atoms. The molecule has 1 aliphatic heterocycles. The Labute approximate surface area is 169 Å². The third kappa shape index (κ3) is 5.81. The molecule has 1 aliphatic rings. The lowest BCUT2D eigenvalue weighted by Crippen LogP contribution is -2.42. The first-order valence-corrected chi connectivity index (χ1v) is 9.67. The molecular weight excluding hydrogens is 383 g/mol. The molecule has 0 radical (unpaired) electrons. The predicted octanol–water partition coefficient (Wildman–Crippen LogP) is 4.20. The Balaban J connectivity index is 1.69. The Morgan fingerprint density at radius 2 is 1.85 bits per heavy atom. The van der Waals surface area contributed by atoms with Gasteiger partial charge in [0.15, 0.2) is 0 Å². The van der Waals surface area contributed by atoms with Gasteiger partial charge in [-0.25, -0.2) is 0 Å². The van der Waals surface area contributed by atoms with Crippen molar-refractivity contribution in [2.45, 2.75) is 6.04 Å². The van der Waals surface area contributed by atoms with Crippen molar-refractivity contribution in [2.24, 2.45) is 0 Å². The maximum Gasteiger partial charge on any atom is 0.244 e. The van der Waals surface area contributed by atoms with Crippen molar-refractivity contribution in [3.8, 4) is 0 Å². The smallest absolute Gasteiger partial charge is 0.244 e. The summed E-state index contributed by atoms with van der Waals surface area (Å²) in [5, 5.41) is 4.01. The Kier molecular flexibility index (Phi) is 7.30. The summed E-state index contributed by atoms with van der Waals surface area (Å²) in [6.07, 6.45) is 3.17. The summed E-state index contributed by atoms with van der Waals surface area (Å²) in [5.41, 5.74) is 1.79. The van der Waals surface area contributed by atoms with Crippen molar-refractivity contribution in [1.29, 1.82) is 0 Å². The molecule has 0 aliphatic carbocycles. The van der Waals surface area contributed by atoms with Crippen molar-refractivity contribution in [2.75, 3.05) is 32.8 Å². The van der Waals surface area contributed by atoms with Gasteiger partial charge in [0.2, 0.25) is 5.91 Å². The molecule has 0 bridgehead atoms. The fourth-order valence-corrected chi connectivity index (χ4v) is 3.37. The van der Waals surface area contributed by atoms with Gasteiger partial charge in [0.25, 0.3) is 0 Å². The molecule has 1 saturated heterocycles. The molecule has 1 heterocycles. The highest BCUT2D eigenvalue weighted by molar-refractivity contribution is 6.42. The third-order valence-corrected chi connectivity index (χ3v) is 5.29. The zero-order valence-electron chi connectivity index (χ0n) is 14.9. The number of ether oxygens (including phenoxy) is 1. The standard InChI is InChI=1S/C21H22Cl2N2O2/c22-18-8-4-7-17(21(18)23)9-10-20(26)24-19(16-5-2-1-3-6-16)15-25-11-13-27-14-12-25/h1-10,19H,11-15H2,(H,24,26)/b10-9+/t19-/m1/s1. The molecule has 3 rings (SSSR count). The van der Waals surface area contributed by atoms with Gasteiger partial charge in [-0.3, -0.25) is 9.69 Å². The summed E-state index contributed by atoms with van der Waals surface area (Å²) in [5.74, 6) is -0.173. The van der Waals surface area contributed by atoms with Gasteiger partial charge in [-0.1, -0.05) is 65.7 Å². The zero-order chi connectivity index (χ0) is 19.1. The largest absolute Gasteiger partial charge is 0.379 e. The number of rotatable bonds is 6. The first kappa shape index (κ1) is 19.9. The SMILES string of the molecule is O=C(/C=C/c1cccc(Cl)c1Cl)N[C@H](CN1CCOCC1)c1ccccc1. The molecule has 27 heavy (non-hydrogen) atoms. The highest BCUT2D eigenvalue weighted by Gasteiger charge is 2.19. The Bertz CT molecular complexity index is 790. The van der Waals surface area contributed by atoms with E-state index in [1.807, 2.05) is 36.4 Å². The quantitative estimate of drug-likeness (QED) is 0.733. The Morgan fingerprint density at radius 1 is 1.11 bits per heavy atom. The molecule has 1 fully saturated rings. The second-order valence-corrected chi connectivity index (χ2v) is 7.15. The van der Waals surface area contributed by atoms with Crippen molar-refractivity contribution in [1.82, 2.24) is 10.2 Å². The minimum absolute atomic E-state index is 0.101. The number of carbonyl (C=O) groups excluding carboxylic acids is 1. The van der Waals surface area contributed by atoms with Crippen LogP contribution in [0.2, 0.25) is 10.0 Å². The minimum Gasteiger partial charge on any atom is -0.379 e. The van der Waals surface area contributed by atoms with Crippen molar-refractivity contribution < 1.29 is 9.53 Å². The van der Waals surface area contributed by atoms with Gasteiger partial charge in [-0.15, -0.1) is 0 Å². The lowest BCUT2D eigenvalue weighted by Gasteiger charge is -2.31. The highest BCUT2D eigenvalue weighted by atomic mass is 35.5. The second kappa shape index (κ2) is 9.90. The second-order valence-electron chi connectivity index (χ2n) is 6.36. The number of halogens is 2. The van der Waals surface area contributed by atoms with Gasteiger partial charge in [0.05, 0.1) is 29.3 Å². The van der Waals surface area contributed by atoms with Gasteiger partial charge in [0.1, 0.15) is 0 Å². The molecule has 6 heteroatoms. The summed E-state index contributed by atoms with van der Waals surface area (Å²) in [7, 11) is 0. The van der Waals surface area contributed by atoms with Crippen LogP contribution in [0.1, 0.15) is 17.2 Å². The van der Waals surface area contributed by atoms with Crippen LogP contribution in [0.4, 0.5) is 0 Å². The Morgan fingerprint density at radius 3 is 2.59 bits per heavy atom. The molecule has 1 amide bonds. The fourth-order valence-electron chi connectivity index (χ4n) is 3.00. The van der Waals surface area contributed by atoms with Crippen LogP contribution in [-0.2, 0) is 9.53 Å². The fraction of sp³-hybridized carbons (Fsp3) is 0.286. The highest BCUT2D eigenvalue weighted by Crippen LogP contribution is 2.26. The number of nitrogens with zero attached hydrogens (tertiary/aromatic N) is 1. The van der Waals surface area contributed by atoms with Crippen LogP contribution < -0.4 is 5.32 Å². The van der Waals surface area contributed by atoms with E-state index in [0.717, 1.165) is 38.4 Å². The van der Waals surface area contributed by atoms with Crippen LogP contribution in [0.15, 0.2) is 54.6 Å². The number of carbonyl (C=O) groups is 1. The van der Waals surface area contributed by atoms with E-state index in [1.54, 1.807) is 18.2 Å². The van der Waals surface area contributed by atoms with Crippen molar-refractivity contribution >= 4 is 35.2 Å². The molecular formula is C21H22Cl2N2O2. The van der Waals surface area contributed by atoms with Gasteiger partial charge in [-0.2, -0.15) is 0 Å². The van der Waals surface area contributed by atoms with Crippen LogP contribution in [-0.4, -0.2) is 43.7 Å². The molecule has 2 aromatic rings. The average Bonchev–Trinajstić information content (AvgIpc) is 2.70. The summed E-state index contributed by atoms with van der Waals surface area (Å²) < 4.78 is 5.41. The van der Waals surface area contributed by atoms with E-state index in [1.165, 1.54) is 6.08 Å². The monoisotopic (exact) mass is 404 g/mol. The van der Waals surface area contributed by atoms with Crippen LogP contribution in [0.3, 0.4) is 0 Å². The van der Waals surface area contributed by atoms with E-state index in [0.29, 0.717) is 15.6 Å². The summed E-state index contributed by atoms with van der Waals surface area (Å²) in [4.78, 5) is 14.8. The van der Waals surface area contributed by atoms with Crippen LogP contribution in [0.5, 0.6) is 0 Å². The lowest BCUT2D eigenvalue weighted by molar-refractivity contribution is -0.117. The van der Waals surface area contributed by atoms with Crippen molar-refractivity contribution in [3.63, 3.8) is 0 Å². The predicted molar refractivity (Wildman–Crippen MR) is 110 cm³/mol. The van der Waals surface area contributed by atoms with Gasteiger partial charge < -0.3 is 10.1 Å². The topological polar surface area (TPSA) is 41.6 Å². The molecule has 0 saturated carbocycles. The maximum atomic E-state index is 12.5. The number of hydrogen-bond donors (Lipinski definition) is 1. The molecule has 142 valence electrons.